The van der Waals surface area contributed by atoms with Gasteiger partial charge in [0.1, 0.15) is 5.82 Å². The van der Waals surface area contributed by atoms with Crippen LogP contribution in [0.2, 0.25) is 0 Å². The normalized spacial score (nSPS) is 16.8. The van der Waals surface area contributed by atoms with Crippen LogP contribution in [-0.2, 0) is 5.41 Å². The van der Waals surface area contributed by atoms with Crippen LogP contribution in [0.1, 0.15) is 26.6 Å². The zero-order valence-electron chi connectivity index (χ0n) is 12.2. The first-order valence-corrected chi connectivity index (χ1v) is 8.57. The van der Waals surface area contributed by atoms with Gasteiger partial charge in [-0.2, -0.15) is 4.37 Å². The van der Waals surface area contributed by atoms with Gasteiger partial charge in [-0.1, -0.05) is 20.8 Å². The number of thiophene rings is 1. The molecule has 0 bridgehead atoms. The van der Waals surface area contributed by atoms with E-state index >= 15 is 0 Å². The average Bonchev–Trinajstić information content (AvgIpc) is 3.10. The summed E-state index contributed by atoms with van der Waals surface area (Å²) in [7, 11) is 0. The van der Waals surface area contributed by atoms with Crippen LogP contribution in [0.25, 0.3) is 0 Å². The Kier molecular flexibility index (Phi) is 3.69. The van der Waals surface area contributed by atoms with E-state index in [-0.39, 0.29) is 5.41 Å². The Morgan fingerprint density at radius 1 is 1.10 bits per heavy atom. The van der Waals surface area contributed by atoms with Crippen molar-refractivity contribution in [2.75, 3.05) is 36.0 Å². The molecule has 2 aromatic heterocycles. The van der Waals surface area contributed by atoms with Crippen molar-refractivity contribution >= 4 is 33.0 Å². The van der Waals surface area contributed by atoms with Crippen LogP contribution < -0.4 is 9.80 Å². The average molecular weight is 308 g/mol. The lowest BCUT2D eigenvalue weighted by Gasteiger charge is -2.34. The molecule has 20 heavy (non-hydrogen) atoms. The third-order valence-electron chi connectivity index (χ3n) is 3.45. The van der Waals surface area contributed by atoms with E-state index in [1.54, 1.807) is 0 Å². The van der Waals surface area contributed by atoms with Crippen molar-refractivity contribution < 1.29 is 0 Å². The molecule has 0 N–H and O–H groups in total. The fourth-order valence-corrected chi connectivity index (χ4v) is 3.91. The minimum Gasteiger partial charge on any atom is -0.360 e. The van der Waals surface area contributed by atoms with Gasteiger partial charge in [0.05, 0.1) is 5.00 Å². The zero-order chi connectivity index (χ0) is 14.2. The van der Waals surface area contributed by atoms with Crippen molar-refractivity contribution in [1.29, 1.82) is 0 Å². The fourth-order valence-electron chi connectivity index (χ4n) is 2.22. The van der Waals surface area contributed by atoms with Crippen LogP contribution in [0.4, 0.5) is 10.1 Å². The highest BCUT2D eigenvalue weighted by molar-refractivity contribution is 7.14. The van der Waals surface area contributed by atoms with Gasteiger partial charge in [0, 0.05) is 43.1 Å². The molecule has 0 spiro atoms. The molecule has 6 heteroatoms. The fraction of sp³-hybridized carbons (Fsp3) is 0.571. The van der Waals surface area contributed by atoms with Gasteiger partial charge in [0.15, 0.2) is 0 Å². The van der Waals surface area contributed by atoms with Gasteiger partial charge in [-0.05, 0) is 17.5 Å². The molecule has 0 amide bonds. The van der Waals surface area contributed by atoms with Crippen molar-refractivity contribution in [2.24, 2.45) is 0 Å². The second kappa shape index (κ2) is 5.33. The molecule has 1 saturated heterocycles. The monoisotopic (exact) mass is 308 g/mol. The summed E-state index contributed by atoms with van der Waals surface area (Å²) in [5, 5.41) is 4.58. The van der Waals surface area contributed by atoms with Crippen LogP contribution in [0, 0.1) is 0 Å². The Morgan fingerprint density at radius 3 is 2.35 bits per heavy atom. The van der Waals surface area contributed by atoms with E-state index in [0.29, 0.717) is 0 Å². The Bertz CT molecular complexity index is 548. The first kappa shape index (κ1) is 13.8. The Hall–Kier alpha value is -1.14. The van der Waals surface area contributed by atoms with Crippen molar-refractivity contribution in [3.05, 3.63) is 23.3 Å². The highest BCUT2D eigenvalue weighted by atomic mass is 32.1. The van der Waals surface area contributed by atoms with Crippen LogP contribution in [0.5, 0.6) is 0 Å². The minimum atomic E-state index is 0.0353. The van der Waals surface area contributed by atoms with Gasteiger partial charge in [0.25, 0.3) is 0 Å². The summed E-state index contributed by atoms with van der Waals surface area (Å²) in [6.07, 6.45) is 0. The predicted octanol–water partition coefficient (Wildman–Crippen LogP) is 3.22. The smallest absolute Gasteiger partial charge is 0.205 e. The van der Waals surface area contributed by atoms with E-state index in [4.69, 9.17) is 4.98 Å². The molecule has 1 fully saturated rings. The summed E-state index contributed by atoms with van der Waals surface area (Å²) in [5.74, 6) is 0.957. The van der Waals surface area contributed by atoms with Crippen LogP contribution >= 0.6 is 22.9 Å². The second-order valence-corrected chi connectivity index (χ2v) is 7.73. The Morgan fingerprint density at radius 2 is 1.80 bits per heavy atom. The number of rotatable bonds is 2. The number of hydrogen-bond acceptors (Lipinski definition) is 6. The number of hydrogen-bond donors (Lipinski definition) is 0. The maximum absolute atomic E-state index is 4.71. The molecule has 4 nitrogen and oxygen atoms in total. The molecule has 0 radical (unpaired) electrons. The highest BCUT2D eigenvalue weighted by Crippen LogP contribution is 2.27. The van der Waals surface area contributed by atoms with E-state index in [0.717, 1.165) is 37.1 Å². The lowest BCUT2D eigenvalue weighted by Crippen LogP contribution is -2.46. The first-order valence-electron chi connectivity index (χ1n) is 6.91. The predicted molar refractivity (Wildman–Crippen MR) is 87.4 cm³/mol. The Balaban J connectivity index is 1.65. The Labute approximate surface area is 128 Å². The quantitative estimate of drug-likeness (QED) is 0.852. The molecule has 0 aliphatic carbocycles. The van der Waals surface area contributed by atoms with Gasteiger partial charge in [-0.15, -0.1) is 11.3 Å². The summed E-state index contributed by atoms with van der Waals surface area (Å²) in [4.78, 5) is 9.52. The maximum Gasteiger partial charge on any atom is 0.205 e. The molecule has 2 aromatic rings. The first-order chi connectivity index (χ1) is 9.54. The molecule has 108 valence electrons. The summed E-state index contributed by atoms with van der Waals surface area (Å²) >= 11 is 3.35. The van der Waals surface area contributed by atoms with Gasteiger partial charge < -0.3 is 9.80 Å². The van der Waals surface area contributed by atoms with E-state index in [9.17, 15) is 0 Å². The molecular weight excluding hydrogens is 288 g/mol. The standard InChI is InChI=1S/C14H20N4S2/c1-14(2,3)12-15-13(20-16-12)18-8-6-17(7-9-18)11-5-4-10-19-11/h4-5,10H,6-9H2,1-3H3. The van der Waals surface area contributed by atoms with E-state index in [1.807, 2.05) is 11.3 Å². The molecule has 0 saturated carbocycles. The zero-order valence-corrected chi connectivity index (χ0v) is 13.8. The number of piperazine rings is 1. The molecule has 0 unspecified atom stereocenters. The lowest BCUT2D eigenvalue weighted by atomic mass is 9.96. The third kappa shape index (κ3) is 2.81. The second-order valence-electron chi connectivity index (χ2n) is 6.08. The van der Waals surface area contributed by atoms with Crippen molar-refractivity contribution in [3.8, 4) is 0 Å². The van der Waals surface area contributed by atoms with E-state index in [1.165, 1.54) is 16.5 Å². The summed E-state index contributed by atoms with van der Waals surface area (Å²) in [5.41, 5.74) is 0.0353. The van der Waals surface area contributed by atoms with E-state index < -0.39 is 0 Å². The SMILES string of the molecule is CC(C)(C)c1nsc(N2CCN(c3cccs3)CC2)n1. The van der Waals surface area contributed by atoms with Gasteiger partial charge in [-0.25, -0.2) is 4.98 Å². The molecule has 0 atom stereocenters. The summed E-state index contributed by atoms with van der Waals surface area (Å²) in [6.45, 7) is 10.7. The van der Waals surface area contributed by atoms with E-state index in [2.05, 4.69) is 52.5 Å². The maximum atomic E-state index is 4.71. The highest BCUT2D eigenvalue weighted by Gasteiger charge is 2.24. The molecule has 0 aromatic carbocycles. The number of aromatic nitrogens is 2. The number of anilines is 2. The van der Waals surface area contributed by atoms with Crippen LogP contribution in [0.3, 0.4) is 0 Å². The van der Waals surface area contributed by atoms with Crippen LogP contribution in [0.15, 0.2) is 17.5 Å². The largest absolute Gasteiger partial charge is 0.360 e. The van der Waals surface area contributed by atoms with Crippen molar-refractivity contribution in [3.63, 3.8) is 0 Å². The summed E-state index contributed by atoms with van der Waals surface area (Å²) in [6, 6.07) is 4.32. The summed E-state index contributed by atoms with van der Waals surface area (Å²) < 4.78 is 4.51. The molecular formula is C14H20N4S2. The van der Waals surface area contributed by atoms with Crippen molar-refractivity contribution in [1.82, 2.24) is 9.36 Å². The van der Waals surface area contributed by atoms with Gasteiger partial charge in [0.2, 0.25) is 5.13 Å². The molecule has 1 aliphatic rings. The minimum absolute atomic E-state index is 0.0353. The van der Waals surface area contributed by atoms with Crippen LogP contribution in [-0.4, -0.2) is 35.5 Å². The van der Waals surface area contributed by atoms with Crippen molar-refractivity contribution in [2.45, 2.75) is 26.2 Å². The molecule has 1 aliphatic heterocycles. The third-order valence-corrected chi connectivity index (χ3v) is 5.16. The topological polar surface area (TPSA) is 32.3 Å². The van der Waals surface area contributed by atoms with Gasteiger partial charge in [-0.3, -0.25) is 0 Å². The van der Waals surface area contributed by atoms with Gasteiger partial charge >= 0.3 is 0 Å². The number of nitrogens with zero attached hydrogens (tertiary/aromatic N) is 4. The molecule has 3 heterocycles. The lowest BCUT2D eigenvalue weighted by molar-refractivity contribution is 0.553. The molecule has 3 rings (SSSR count).